The molecule has 0 unspecified atom stereocenters. The van der Waals surface area contributed by atoms with E-state index in [1.54, 1.807) is 25.2 Å². The first-order chi connectivity index (χ1) is 8.04. The van der Waals surface area contributed by atoms with E-state index in [0.717, 1.165) is 5.56 Å². The molecule has 1 amide bonds. The van der Waals surface area contributed by atoms with Crippen molar-refractivity contribution in [1.29, 1.82) is 0 Å². The number of rotatable bonds is 2. The Hall–Kier alpha value is -2.44. The third-order valence-corrected chi connectivity index (χ3v) is 2.10. The Morgan fingerprint density at radius 1 is 1.41 bits per heavy atom. The summed E-state index contributed by atoms with van der Waals surface area (Å²) < 4.78 is 0. The average Bonchev–Trinajstić information content (AvgIpc) is 2.62. The van der Waals surface area contributed by atoms with E-state index in [9.17, 15) is 4.79 Å². The molecule has 1 aromatic carbocycles. The molecule has 0 saturated heterocycles. The highest BCUT2D eigenvalue weighted by Gasteiger charge is 2.10. The van der Waals surface area contributed by atoms with Crippen molar-refractivity contribution in [2.75, 3.05) is 11.1 Å². The summed E-state index contributed by atoms with van der Waals surface area (Å²) in [4.78, 5) is 13.1. The predicted octanol–water partition coefficient (Wildman–Crippen LogP) is 0.353. The van der Waals surface area contributed by atoms with Crippen molar-refractivity contribution >= 4 is 17.5 Å². The van der Waals surface area contributed by atoms with Gasteiger partial charge in [0.2, 0.25) is 0 Å². The molecule has 0 atom stereocenters. The number of carbonyl (C=O) groups excluding carboxylic acids is 1. The van der Waals surface area contributed by atoms with Gasteiger partial charge in [0.25, 0.3) is 11.9 Å². The number of hydrogen-bond donors (Lipinski definition) is 2. The molecule has 0 aliphatic carbocycles. The Labute approximate surface area is 97.6 Å². The fourth-order valence-corrected chi connectivity index (χ4v) is 1.45. The lowest BCUT2D eigenvalue weighted by atomic mass is 10.1. The molecule has 17 heavy (non-hydrogen) atoms. The van der Waals surface area contributed by atoms with Gasteiger partial charge in [0.1, 0.15) is 0 Å². The summed E-state index contributed by atoms with van der Waals surface area (Å²) in [6.07, 6.45) is 0. The number of aryl methyl sites for hydroxylation is 2. The van der Waals surface area contributed by atoms with E-state index in [2.05, 4.69) is 20.7 Å². The largest absolute Gasteiger partial charge is 0.399 e. The fraction of sp³-hybridized carbons (Fsp3) is 0.200. The quantitative estimate of drug-likeness (QED) is 0.728. The second kappa shape index (κ2) is 4.20. The second-order valence-electron chi connectivity index (χ2n) is 3.69. The Morgan fingerprint density at radius 3 is 2.76 bits per heavy atom. The molecule has 0 fully saturated rings. The van der Waals surface area contributed by atoms with Gasteiger partial charge in [-0.05, 0) is 35.9 Å². The molecule has 0 aliphatic heterocycles. The van der Waals surface area contributed by atoms with Crippen molar-refractivity contribution in [2.45, 2.75) is 6.92 Å². The van der Waals surface area contributed by atoms with E-state index >= 15 is 0 Å². The Bertz CT molecular complexity index is 541. The van der Waals surface area contributed by atoms with Crippen molar-refractivity contribution in [1.82, 2.24) is 20.2 Å². The maximum absolute atomic E-state index is 11.8. The molecule has 3 N–H and O–H groups in total. The summed E-state index contributed by atoms with van der Waals surface area (Å²) in [6.45, 7) is 1.87. The number of nitrogen functional groups attached to an aromatic ring is 1. The van der Waals surface area contributed by atoms with Crippen LogP contribution >= 0.6 is 0 Å². The zero-order chi connectivity index (χ0) is 12.4. The maximum Gasteiger partial charge on any atom is 0.270 e. The molecule has 0 saturated carbocycles. The van der Waals surface area contributed by atoms with Crippen LogP contribution < -0.4 is 11.1 Å². The van der Waals surface area contributed by atoms with Gasteiger partial charge in [-0.25, -0.2) is 0 Å². The minimum Gasteiger partial charge on any atom is -0.399 e. The molecule has 0 radical (unpaired) electrons. The standard InChI is InChI=1S/C10H12N6O/c1-6-3-7(5-8(11)4-6)9(17)12-10-13-15-16(2)14-10/h3-5H,11H2,1-2H3,(H,12,14,17). The SMILES string of the molecule is Cc1cc(N)cc(C(=O)Nc2nnn(C)n2)c1. The number of tetrazole rings is 1. The Kier molecular flexibility index (Phi) is 2.73. The van der Waals surface area contributed by atoms with E-state index in [1.807, 2.05) is 6.92 Å². The average molecular weight is 232 g/mol. The molecular weight excluding hydrogens is 220 g/mol. The van der Waals surface area contributed by atoms with Crippen LogP contribution in [0.5, 0.6) is 0 Å². The topological polar surface area (TPSA) is 98.7 Å². The molecule has 0 spiro atoms. The number of anilines is 2. The normalized spacial score (nSPS) is 10.2. The lowest BCUT2D eigenvalue weighted by Crippen LogP contribution is -2.13. The summed E-state index contributed by atoms with van der Waals surface area (Å²) in [7, 11) is 1.62. The van der Waals surface area contributed by atoms with Gasteiger partial charge >= 0.3 is 0 Å². The highest BCUT2D eigenvalue weighted by molar-refractivity contribution is 6.03. The van der Waals surface area contributed by atoms with Crippen LogP contribution in [0.2, 0.25) is 0 Å². The number of nitrogens with one attached hydrogen (secondary N) is 1. The van der Waals surface area contributed by atoms with Crippen molar-refractivity contribution < 1.29 is 4.79 Å². The van der Waals surface area contributed by atoms with Crippen molar-refractivity contribution in [3.05, 3.63) is 29.3 Å². The van der Waals surface area contributed by atoms with Gasteiger partial charge in [0.05, 0.1) is 7.05 Å². The molecule has 88 valence electrons. The van der Waals surface area contributed by atoms with Crippen LogP contribution in [0, 0.1) is 6.92 Å². The number of nitrogens with zero attached hydrogens (tertiary/aromatic N) is 4. The number of amides is 1. The van der Waals surface area contributed by atoms with E-state index in [0.29, 0.717) is 11.3 Å². The first-order valence-electron chi connectivity index (χ1n) is 4.97. The fourth-order valence-electron chi connectivity index (χ4n) is 1.45. The molecule has 7 nitrogen and oxygen atoms in total. The zero-order valence-corrected chi connectivity index (χ0v) is 9.51. The minimum atomic E-state index is -0.312. The monoisotopic (exact) mass is 232 g/mol. The van der Waals surface area contributed by atoms with Crippen LogP contribution in [0.15, 0.2) is 18.2 Å². The second-order valence-corrected chi connectivity index (χ2v) is 3.69. The smallest absolute Gasteiger partial charge is 0.270 e. The summed E-state index contributed by atoms with van der Waals surface area (Å²) in [6, 6.07) is 5.12. The summed E-state index contributed by atoms with van der Waals surface area (Å²) in [5, 5.41) is 13.7. The zero-order valence-electron chi connectivity index (χ0n) is 9.51. The molecule has 0 bridgehead atoms. The molecule has 2 rings (SSSR count). The van der Waals surface area contributed by atoms with Crippen molar-refractivity contribution in [3.8, 4) is 0 Å². The highest BCUT2D eigenvalue weighted by atomic mass is 16.1. The van der Waals surface area contributed by atoms with Crippen molar-refractivity contribution in [2.24, 2.45) is 7.05 Å². The van der Waals surface area contributed by atoms with E-state index < -0.39 is 0 Å². The third-order valence-electron chi connectivity index (χ3n) is 2.10. The molecule has 1 aromatic heterocycles. The van der Waals surface area contributed by atoms with Gasteiger partial charge in [-0.15, -0.1) is 5.10 Å². The molecular formula is C10H12N6O. The number of carbonyl (C=O) groups is 1. The third kappa shape index (κ3) is 2.57. The van der Waals surface area contributed by atoms with Gasteiger partial charge in [0.15, 0.2) is 0 Å². The van der Waals surface area contributed by atoms with Crippen molar-refractivity contribution in [3.63, 3.8) is 0 Å². The van der Waals surface area contributed by atoms with Crippen LogP contribution in [-0.4, -0.2) is 26.1 Å². The minimum absolute atomic E-state index is 0.164. The maximum atomic E-state index is 11.8. The number of hydrogen-bond acceptors (Lipinski definition) is 5. The van der Waals surface area contributed by atoms with Crippen LogP contribution in [0.4, 0.5) is 11.6 Å². The molecule has 0 aliphatic rings. The highest BCUT2D eigenvalue weighted by Crippen LogP contribution is 2.12. The number of nitrogens with two attached hydrogens (primary N) is 1. The lowest BCUT2D eigenvalue weighted by Gasteiger charge is -2.03. The molecule has 7 heteroatoms. The van der Waals surface area contributed by atoms with Crippen LogP contribution in [0.3, 0.4) is 0 Å². The summed E-state index contributed by atoms with van der Waals surface area (Å²) in [5.41, 5.74) is 7.60. The van der Waals surface area contributed by atoms with Gasteiger partial charge in [-0.1, -0.05) is 5.10 Å². The first-order valence-corrected chi connectivity index (χ1v) is 4.97. The number of benzene rings is 1. The van der Waals surface area contributed by atoms with Crippen LogP contribution in [-0.2, 0) is 7.05 Å². The van der Waals surface area contributed by atoms with E-state index in [-0.39, 0.29) is 11.9 Å². The summed E-state index contributed by atoms with van der Waals surface area (Å²) >= 11 is 0. The van der Waals surface area contributed by atoms with Gasteiger partial charge in [-0.2, -0.15) is 4.80 Å². The van der Waals surface area contributed by atoms with E-state index in [1.165, 1.54) is 4.80 Å². The van der Waals surface area contributed by atoms with Crippen LogP contribution in [0.1, 0.15) is 15.9 Å². The van der Waals surface area contributed by atoms with Crippen LogP contribution in [0.25, 0.3) is 0 Å². The lowest BCUT2D eigenvalue weighted by molar-refractivity contribution is 0.102. The Balaban J connectivity index is 2.19. The molecule has 1 heterocycles. The van der Waals surface area contributed by atoms with Gasteiger partial charge < -0.3 is 5.73 Å². The first kappa shape index (κ1) is 11.1. The van der Waals surface area contributed by atoms with Gasteiger partial charge in [0, 0.05) is 11.3 Å². The van der Waals surface area contributed by atoms with Gasteiger partial charge in [-0.3, -0.25) is 10.1 Å². The summed E-state index contributed by atoms with van der Waals surface area (Å²) in [5.74, 6) is -0.147. The Morgan fingerprint density at radius 2 is 2.18 bits per heavy atom. The number of aromatic nitrogens is 4. The molecule has 2 aromatic rings. The van der Waals surface area contributed by atoms with E-state index in [4.69, 9.17) is 5.73 Å². The predicted molar refractivity (Wildman–Crippen MR) is 62.3 cm³/mol.